The zero-order valence-corrected chi connectivity index (χ0v) is 15.2. The lowest BCUT2D eigenvalue weighted by Gasteiger charge is -2.20. The first kappa shape index (κ1) is 18.9. The molecule has 2 N–H and O–H groups in total. The second-order valence-corrected chi connectivity index (χ2v) is 8.44. The van der Waals surface area contributed by atoms with Gasteiger partial charge in [0.05, 0.1) is 0 Å². The minimum Gasteiger partial charge on any atom is -0.275 e. The Morgan fingerprint density at radius 1 is 1.29 bits per heavy atom. The van der Waals surface area contributed by atoms with Gasteiger partial charge in [-0.25, -0.2) is 22.9 Å². The van der Waals surface area contributed by atoms with E-state index < -0.39 is 27.2 Å². The molecule has 0 saturated heterocycles. The molecular weight excluding hydrogens is 374 g/mol. The summed E-state index contributed by atoms with van der Waals surface area (Å²) in [5.74, 6) is 0.372. The number of halogens is 1. The Bertz CT molecular complexity index is 763. The molecule has 1 atom stereocenters. The number of sulfonamides is 1. The molecule has 1 aromatic carbocycles. The molecule has 0 aromatic heterocycles. The van der Waals surface area contributed by atoms with Gasteiger partial charge < -0.3 is 0 Å². The minimum atomic E-state index is -3.93. The fraction of sp³-hybridized carbons (Fsp3) is 0.357. The van der Waals surface area contributed by atoms with Crippen LogP contribution < -0.4 is 10.0 Å². The lowest BCUT2D eigenvalue weighted by Crippen LogP contribution is -2.53. The van der Waals surface area contributed by atoms with Crippen LogP contribution in [-0.4, -0.2) is 43.6 Å². The maximum absolute atomic E-state index is 12.2. The first-order chi connectivity index (χ1) is 11.3. The van der Waals surface area contributed by atoms with Crippen molar-refractivity contribution < 1.29 is 18.0 Å². The third-order valence-electron chi connectivity index (χ3n) is 3.17. The summed E-state index contributed by atoms with van der Waals surface area (Å²) in [6.07, 6.45) is 0. The standard InChI is InChI=1S/C14H16ClN3O4S2/c1-9-12(13(19)18-14(20)17-9)24(21,22)16-6-7-23-8-10-2-4-11(15)5-3-10/h2-5,12,16H,6-8H2,1H3,(H,18,19,20). The van der Waals surface area contributed by atoms with Crippen molar-refractivity contribution in [1.29, 1.82) is 0 Å². The molecule has 1 aliphatic heterocycles. The largest absolute Gasteiger partial charge is 0.347 e. The molecule has 0 fully saturated rings. The van der Waals surface area contributed by atoms with Gasteiger partial charge in [-0.05, 0) is 24.6 Å². The number of nitrogens with zero attached hydrogens (tertiary/aromatic N) is 1. The summed E-state index contributed by atoms with van der Waals surface area (Å²) < 4.78 is 26.8. The lowest BCUT2D eigenvalue weighted by molar-refractivity contribution is -0.118. The number of amides is 3. The van der Waals surface area contributed by atoms with Crippen LogP contribution in [0.1, 0.15) is 12.5 Å². The highest BCUT2D eigenvalue weighted by Gasteiger charge is 2.38. The number of urea groups is 1. The van der Waals surface area contributed by atoms with Crippen molar-refractivity contribution in [3.8, 4) is 0 Å². The van der Waals surface area contributed by atoms with Crippen LogP contribution in [0, 0.1) is 0 Å². The monoisotopic (exact) mass is 389 g/mol. The fourth-order valence-electron chi connectivity index (χ4n) is 2.08. The van der Waals surface area contributed by atoms with Gasteiger partial charge in [-0.15, -0.1) is 0 Å². The Hall–Kier alpha value is -1.42. The van der Waals surface area contributed by atoms with Crippen molar-refractivity contribution in [1.82, 2.24) is 10.0 Å². The molecular formula is C14H16ClN3O4S2. The molecule has 1 heterocycles. The van der Waals surface area contributed by atoms with E-state index in [0.29, 0.717) is 10.8 Å². The molecule has 0 spiro atoms. The quantitative estimate of drug-likeness (QED) is 0.689. The SMILES string of the molecule is CC1=NC(=O)NC(=O)C1S(=O)(=O)NCCSCc1ccc(Cl)cc1. The predicted octanol–water partition coefficient (Wildman–Crippen LogP) is 1.57. The summed E-state index contributed by atoms with van der Waals surface area (Å²) in [4.78, 5) is 26.3. The van der Waals surface area contributed by atoms with Gasteiger partial charge in [0.15, 0.2) is 5.25 Å². The average molecular weight is 390 g/mol. The van der Waals surface area contributed by atoms with E-state index in [0.717, 1.165) is 11.3 Å². The zero-order chi connectivity index (χ0) is 17.7. The first-order valence-electron chi connectivity index (χ1n) is 7.00. The summed E-state index contributed by atoms with van der Waals surface area (Å²) in [5.41, 5.74) is 1.05. The number of hydrogen-bond acceptors (Lipinski definition) is 5. The van der Waals surface area contributed by atoms with Crippen molar-refractivity contribution in [2.24, 2.45) is 4.99 Å². The molecule has 0 radical (unpaired) electrons. The van der Waals surface area contributed by atoms with Crippen molar-refractivity contribution in [2.75, 3.05) is 12.3 Å². The summed E-state index contributed by atoms with van der Waals surface area (Å²) in [5, 5.41) is 1.08. The topological polar surface area (TPSA) is 105 Å². The van der Waals surface area contributed by atoms with E-state index in [1.54, 1.807) is 23.9 Å². The third kappa shape index (κ3) is 5.04. The Labute approximate surface area is 149 Å². The second-order valence-electron chi connectivity index (χ2n) is 5.05. The van der Waals surface area contributed by atoms with Crippen LogP contribution >= 0.6 is 23.4 Å². The first-order valence-corrected chi connectivity index (χ1v) is 10.1. The summed E-state index contributed by atoms with van der Waals surface area (Å²) >= 11 is 7.35. The number of nitrogens with one attached hydrogen (secondary N) is 2. The normalized spacial score (nSPS) is 18.2. The molecule has 1 aromatic rings. The highest BCUT2D eigenvalue weighted by Crippen LogP contribution is 2.15. The number of thioether (sulfide) groups is 1. The minimum absolute atomic E-state index is 0.0370. The maximum Gasteiger partial charge on any atom is 0.347 e. The van der Waals surface area contributed by atoms with Crippen molar-refractivity contribution in [3.05, 3.63) is 34.9 Å². The Morgan fingerprint density at radius 3 is 2.58 bits per heavy atom. The molecule has 2 rings (SSSR count). The molecule has 1 unspecified atom stereocenters. The molecule has 130 valence electrons. The highest BCUT2D eigenvalue weighted by atomic mass is 35.5. The number of carbonyl (C=O) groups excluding carboxylic acids is 2. The van der Waals surface area contributed by atoms with Gasteiger partial charge in [0.1, 0.15) is 0 Å². The average Bonchev–Trinajstić information content (AvgIpc) is 2.47. The molecule has 3 amide bonds. The number of imide groups is 1. The number of benzene rings is 1. The Balaban J connectivity index is 1.82. The Morgan fingerprint density at radius 2 is 1.96 bits per heavy atom. The van der Waals surface area contributed by atoms with Gasteiger partial charge in [0.25, 0.3) is 5.91 Å². The summed E-state index contributed by atoms with van der Waals surface area (Å²) in [6, 6.07) is 6.56. The maximum atomic E-state index is 12.2. The van der Waals surface area contributed by atoms with E-state index in [-0.39, 0.29) is 12.3 Å². The van der Waals surface area contributed by atoms with Crippen molar-refractivity contribution >= 4 is 51.0 Å². The number of rotatable bonds is 7. The van der Waals surface area contributed by atoms with E-state index in [9.17, 15) is 18.0 Å². The van der Waals surface area contributed by atoms with E-state index in [1.807, 2.05) is 17.4 Å². The molecule has 7 nitrogen and oxygen atoms in total. The van der Waals surface area contributed by atoms with Crippen LogP contribution in [0.4, 0.5) is 4.79 Å². The van der Waals surface area contributed by atoms with Crippen LogP contribution in [0.15, 0.2) is 29.3 Å². The van der Waals surface area contributed by atoms with Crippen LogP contribution in [0.2, 0.25) is 5.02 Å². The van der Waals surface area contributed by atoms with Crippen LogP contribution in [0.5, 0.6) is 0 Å². The predicted molar refractivity (Wildman–Crippen MR) is 95.0 cm³/mol. The molecule has 1 aliphatic rings. The van der Waals surface area contributed by atoms with Crippen LogP contribution in [0.25, 0.3) is 0 Å². The van der Waals surface area contributed by atoms with Gasteiger partial charge in [0.2, 0.25) is 10.0 Å². The van der Waals surface area contributed by atoms with Crippen molar-refractivity contribution in [3.63, 3.8) is 0 Å². The van der Waals surface area contributed by atoms with Crippen LogP contribution in [-0.2, 0) is 20.6 Å². The van der Waals surface area contributed by atoms with Gasteiger partial charge >= 0.3 is 6.03 Å². The second kappa shape index (κ2) is 8.11. The molecule has 0 bridgehead atoms. The molecule has 24 heavy (non-hydrogen) atoms. The third-order valence-corrected chi connectivity index (χ3v) is 6.23. The van der Waals surface area contributed by atoms with E-state index >= 15 is 0 Å². The van der Waals surface area contributed by atoms with E-state index in [4.69, 9.17) is 11.6 Å². The smallest absolute Gasteiger partial charge is 0.275 e. The lowest BCUT2D eigenvalue weighted by atomic mass is 10.2. The van der Waals surface area contributed by atoms with Crippen molar-refractivity contribution in [2.45, 2.75) is 17.9 Å². The van der Waals surface area contributed by atoms with Crippen LogP contribution in [0.3, 0.4) is 0 Å². The molecule has 0 aliphatic carbocycles. The number of aliphatic imine (C=N–C) groups is 1. The molecule has 10 heteroatoms. The van der Waals surface area contributed by atoms with Gasteiger partial charge in [0, 0.05) is 28.8 Å². The summed E-state index contributed by atoms with van der Waals surface area (Å²) in [7, 11) is -3.93. The Kier molecular flexibility index (Phi) is 6.39. The zero-order valence-electron chi connectivity index (χ0n) is 12.8. The number of carbonyl (C=O) groups is 2. The highest BCUT2D eigenvalue weighted by molar-refractivity contribution is 7.98. The van der Waals surface area contributed by atoms with E-state index in [1.165, 1.54) is 6.92 Å². The fourth-order valence-corrected chi connectivity index (χ4v) is 4.55. The van der Waals surface area contributed by atoms with Gasteiger partial charge in [-0.2, -0.15) is 11.8 Å². The summed E-state index contributed by atoms with van der Waals surface area (Å²) in [6.45, 7) is 1.52. The number of hydrogen-bond donors (Lipinski definition) is 2. The van der Waals surface area contributed by atoms with Gasteiger partial charge in [-0.3, -0.25) is 10.1 Å². The molecule has 0 saturated carbocycles. The van der Waals surface area contributed by atoms with E-state index in [2.05, 4.69) is 9.71 Å². The van der Waals surface area contributed by atoms with Gasteiger partial charge in [-0.1, -0.05) is 23.7 Å².